The Morgan fingerprint density at radius 2 is 1.41 bits per heavy atom. The zero-order chi connectivity index (χ0) is 36.4. The fourth-order valence-electron chi connectivity index (χ4n) is 6.90. The van der Waals surface area contributed by atoms with Crippen LogP contribution in [0.25, 0.3) is 20.9 Å². The van der Waals surface area contributed by atoms with E-state index in [9.17, 15) is 25.4 Å². The first kappa shape index (κ1) is 40.2. The lowest BCUT2D eigenvalue weighted by Crippen LogP contribution is -2.61. The van der Waals surface area contributed by atoms with E-state index in [-0.39, 0.29) is 49.2 Å². The van der Waals surface area contributed by atoms with Crippen LogP contribution in [0.1, 0.15) is 68.2 Å². The third-order valence-electron chi connectivity index (χ3n) is 9.90. The Balaban J connectivity index is 1.98. The van der Waals surface area contributed by atoms with Crippen LogP contribution in [0.15, 0.2) is 22.6 Å². The third kappa shape index (κ3) is 9.71. The lowest BCUT2D eigenvalue weighted by Gasteiger charge is -2.50. The van der Waals surface area contributed by atoms with Crippen LogP contribution in [0.4, 0.5) is 0 Å². The number of azide groups is 2. The molecule has 274 valence electrons. The van der Waals surface area contributed by atoms with Gasteiger partial charge >= 0.3 is 5.97 Å². The molecule has 3 heterocycles. The number of rotatable bonds is 16. The summed E-state index contributed by atoms with van der Waals surface area (Å²) in [5.74, 6) is -2.40. The van der Waals surface area contributed by atoms with Crippen molar-refractivity contribution in [2.24, 2.45) is 39.8 Å². The number of ketones is 1. The van der Waals surface area contributed by atoms with Crippen molar-refractivity contribution >= 4 is 18.2 Å². The van der Waals surface area contributed by atoms with Crippen LogP contribution in [-0.2, 0) is 52.3 Å². The van der Waals surface area contributed by atoms with Crippen molar-refractivity contribution in [3.05, 3.63) is 33.2 Å². The molecule has 0 aromatic carbocycles. The molecular formula is C32H50N6O11. The van der Waals surface area contributed by atoms with E-state index in [1.54, 1.807) is 6.92 Å². The van der Waals surface area contributed by atoms with Crippen LogP contribution < -0.4 is 0 Å². The maximum Gasteiger partial charge on any atom is 0.304 e. The maximum atomic E-state index is 13.2. The molecule has 17 nitrogen and oxygen atoms in total. The highest BCUT2D eigenvalue weighted by Crippen LogP contribution is 2.42. The second kappa shape index (κ2) is 18.6. The molecular weight excluding hydrogens is 644 g/mol. The minimum atomic E-state index is -1.12. The smallest absolute Gasteiger partial charge is 0.304 e. The average Bonchev–Trinajstić information content (AvgIpc) is 3.05. The summed E-state index contributed by atoms with van der Waals surface area (Å²) in [6.45, 7) is 18.0. The predicted octanol–water partition coefficient (Wildman–Crippen LogP) is 5.13. The lowest BCUT2D eigenvalue weighted by molar-refractivity contribution is -0.338. The van der Waals surface area contributed by atoms with E-state index in [0.29, 0.717) is 12.8 Å². The summed E-state index contributed by atoms with van der Waals surface area (Å²) in [6, 6.07) is -1.58. The number of ether oxygens (including phenoxy) is 8. The predicted molar refractivity (Wildman–Crippen MR) is 172 cm³/mol. The topological polar surface area (TPSA) is 223 Å². The van der Waals surface area contributed by atoms with Crippen LogP contribution in [-0.4, -0.2) is 92.9 Å². The number of hydrogen-bond donors (Lipinski definition) is 0. The van der Waals surface area contributed by atoms with Crippen molar-refractivity contribution < 1.29 is 52.3 Å². The highest BCUT2D eigenvalue weighted by atomic mass is 16.7. The number of carbonyl (C=O) groups excluding carboxylic acids is 3. The fourth-order valence-corrected chi connectivity index (χ4v) is 6.90. The Labute approximate surface area is 286 Å². The van der Waals surface area contributed by atoms with Gasteiger partial charge in [-0.2, -0.15) is 0 Å². The van der Waals surface area contributed by atoms with Gasteiger partial charge < -0.3 is 37.9 Å². The van der Waals surface area contributed by atoms with Gasteiger partial charge in [-0.25, -0.2) is 0 Å². The van der Waals surface area contributed by atoms with Crippen molar-refractivity contribution in [1.29, 1.82) is 0 Å². The molecule has 0 aromatic heterocycles. The van der Waals surface area contributed by atoms with Crippen molar-refractivity contribution in [1.82, 2.24) is 0 Å². The number of nitrogens with zero attached hydrogens (tertiary/aromatic N) is 6. The van der Waals surface area contributed by atoms with Gasteiger partial charge in [-0.3, -0.25) is 14.4 Å². The molecule has 3 fully saturated rings. The number of hydrogen-bond acceptors (Lipinski definition) is 13. The van der Waals surface area contributed by atoms with Gasteiger partial charge in [0, 0.05) is 22.7 Å². The first-order valence-electron chi connectivity index (χ1n) is 16.7. The molecule has 0 aromatic rings. The molecule has 3 aliphatic heterocycles. The summed E-state index contributed by atoms with van der Waals surface area (Å²) in [4.78, 5) is 41.8. The van der Waals surface area contributed by atoms with Gasteiger partial charge in [-0.05, 0) is 54.5 Å². The van der Waals surface area contributed by atoms with Gasteiger partial charge in [0.25, 0.3) is 6.47 Å². The quantitative estimate of drug-likeness (QED) is 0.0514. The van der Waals surface area contributed by atoms with Gasteiger partial charge in [0.2, 0.25) is 6.29 Å². The fraction of sp³-hybridized carbons (Fsp3) is 0.844. The average molecular weight is 695 g/mol. The van der Waals surface area contributed by atoms with Crippen LogP contribution in [0.2, 0.25) is 0 Å². The van der Waals surface area contributed by atoms with E-state index in [1.165, 1.54) is 13.8 Å². The molecule has 0 saturated carbocycles. The molecule has 0 N–H and O–H groups in total. The number of Topliss-reactive ketones (excluding diaryl/α,β-unsaturated/α-hetero) is 1. The SMILES string of the molecule is C=C(COC[C@H]1C(C)[C@H](O[C@H]2OC(CC)[C@@H](C)C(C)[C@@H]2N=[N+]=[N-])[C@H](C(C)=O)O[C@H]1O[C@@H]1C(CC)O[C@@H](OC(C)=O)[C@@H](N=[N+]=[N-])C1C)OC=O. The highest BCUT2D eigenvalue weighted by molar-refractivity contribution is 5.81. The Morgan fingerprint density at radius 3 is 1.96 bits per heavy atom. The summed E-state index contributed by atoms with van der Waals surface area (Å²) < 4.78 is 48.1. The summed E-state index contributed by atoms with van der Waals surface area (Å²) >= 11 is 0. The molecule has 3 saturated heterocycles. The molecule has 15 atom stereocenters. The van der Waals surface area contributed by atoms with Crippen molar-refractivity contribution in [2.75, 3.05) is 13.2 Å². The Bertz CT molecular complexity index is 1260. The van der Waals surface area contributed by atoms with Crippen molar-refractivity contribution in [3.8, 4) is 0 Å². The normalized spacial score (nSPS) is 39.1. The largest absolute Gasteiger partial charge is 0.435 e. The Kier molecular flexibility index (Phi) is 15.3. The molecule has 5 unspecified atom stereocenters. The Morgan fingerprint density at radius 1 is 0.816 bits per heavy atom. The van der Waals surface area contributed by atoms with Crippen LogP contribution >= 0.6 is 0 Å². The Hall–Kier alpha value is -3.27. The lowest BCUT2D eigenvalue weighted by atomic mass is 9.80. The summed E-state index contributed by atoms with van der Waals surface area (Å²) in [6.07, 6.45) is -5.48. The molecule has 0 spiro atoms. The van der Waals surface area contributed by atoms with Crippen LogP contribution in [0.3, 0.4) is 0 Å². The van der Waals surface area contributed by atoms with Gasteiger partial charge in [-0.1, -0.05) is 58.3 Å². The summed E-state index contributed by atoms with van der Waals surface area (Å²) in [5, 5.41) is 7.88. The van der Waals surface area contributed by atoms with Crippen LogP contribution in [0.5, 0.6) is 0 Å². The van der Waals surface area contributed by atoms with E-state index in [4.69, 9.17) is 37.9 Å². The van der Waals surface area contributed by atoms with E-state index < -0.39 is 79.1 Å². The molecule has 0 amide bonds. The minimum Gasteiger partial charge on any atom is -0.435 e. The minimum absolute atomic E-state index is 0.00246. The molecule has 3 aliphatic rings. The second-order valence-electron chi connectivity index (χ2n) is 13.0. The number of carbonyl (C=O) groups is 3. The van der Waals surface area contributed by atoms with Crippen molar-refractivity contribution in [2.45, 2.75) is 130 Å². The molecule has 0 radical (unpaired) electrons. The monoisotopic (exact) mass is 694 g/mol. The summed E-state index contributed by atoms with van der Waals surface area (Å²) in [7, 11) is 0. The van der Waals surface area contributed by atoms with Gasteiger partial charge in [0.05, 0.1) is 37.1 Å². The van der Waals surface area contributed by atoms with E-state index >= 15 is 0 Å². The third-order valence-corrected chi connectivity index (χ3v) is 9.90. The molecule has 3 rings (SSSR count). The van der Waals surface area contributed by atoms with E-state index in [1.807, 2.05) is 34.6 Å². The van der Waals surface area contributed by atoms with E-state index in [2.05, 4.69) is 26.6 Å². The number of esters is 1. The zero-order valence-corrected chi connectivity index (χ0v) is 29.4. The zero-order valence-electron chi connectivity index (χ0n) is 29.4. The second-order valence-corrected chi connectivity index (χ2v) is 13.0. The molecule has 49 heavy (non-hydrogen) atoms. The van der Waals surface area contributed by atoms with E-state index in [0.717, 1.165) is 0 Å². The standard InChI is InChI=1S/C32H50N6O11/c1-10-23-16(4)17(5)25(35-37-33)32(45-23)48-28-18(6)22(13-42-12-15(3)43-14-39)30(49-29(28)20(8)40)47-27-19(7)26(36-38-34)31(44-21(9)41)46-24(27)11-2/h14,16-19,22-32H,3,10-13H2,1-2,4-9H3/t16-,17?,18?,19?,22-,23?,24?,25-,26-,27-,28-,29-,30+,31+,32+/m0/s1. The van der Waals surface area contributed by atoms with Crippen molar-refractivity contribution in [3.63, 3.8) is 0 Å². The molecule has 17 heteroatoms. The van der Waals surface area contributed by atoms with Gasteiger partial charge in [0.15, 0.2) is 18.4 Å². The molecule has 0 bridgehead atoms. The first-order chi connectivity index (χ1) is 23.3. The van der Waals surface area contributed by atoms with Gasteiger partial charge in [0.1, 0.15) is 24.5 Å². The molecule has 0 aliphatic carbocycles. The highest BCUT2D eigenvalue weighted by Gasteiger charge is 2.53. The van der Waals surface area contributed by atoms with Gasteiger partial charge in [-0.15, -0.1) is 0 Å². The first-order valence-corrected chi connectivity index (χ1v) is 16.7. The summed E-state index contributed by atoms with van der Waals surface area (Å²) in [5.41, 5.74) is 18.7. The van der Waals surface area contributed by atoms with Crippen LogP contribution in [0, 0.1) is 29.6 Å². The maximum absolute atomic E-state index is 13.2.